The molecule has 1 amide bonds. The average molecular weight is 418 g/mol. The molecule has 8 nitrogen and oxygen atoms in total. The van der Waals surface area contributed by atoms with E-state index in [0.717, 1.165) is 0 Å². The largest absolute Gasteiger partial charge is 0.497 e. The first-order chi connectivity index (χ1) is 14.9. The Kier molecular flexibility index (Phi) is 6.26. The number of nitrogens with zero attached hydrogens (tertiary/aromatic N) is 3. The quantitative estimate of drug-likeness (QED) is 0.490. The molecule has 158 valence electrons. The molecule has 0 saturated carbocycles. The second kappa shape index (κ2) is 9.05. The topological polar surface area (TPSA) is 98.3 Å². The second-order valence-electron chi connectivity index (χ2n) is 6.71. The number of methoxy groups -OCH3 is 2. The van der Waals surface area contributed by atoms with Gasteiger partial charge >= 0.3 is 0 Å². The average Bonchev–Trinajstić information content (AvgIpc) is 3.00. The molecule has 1 aromatic heterocycles. The zero-order valence-electron chi connectivity index (χ0n) is 17.7. The zero-order chi connectivity index (χ0) is 22.5. The Labute approximate surface area is 179 Å². The Bertz CT molecular complexity index is 1220. The molecule has 0 radical (unpaired) electrons. The first-order valence-corrected chi connectivity index (χ1v) is 9.39. The SMILES string of the molecule is COc1cc(/C=C(\C#N)C(=O)Nc2c(C)n(C)n(-c3ccccc3)c2=O)cc(OC)c1. The van der Waals surface area contributed by atoms with Crippen LogP contribution in [0.5, 0.6) is 11.5 Å². The molecule has 0 bridgehead atoms. The highest BCUT2D eigenvalue weighted by molar-refractivity contribution is 6.09. The number of hydrogen-bond acceptors (Lipinski definition) is 5. The summed E-state index contributed by atoms with van der Waals surface area (Å²) in [4.78, 5) is 25.8. The van der Waals surface area contributed by atoms with E-state index in [2.05, 4.69) is 5.32 Å². The number of anilines is 1. The third-order valence-electron chi connectivity index (χ3n) is 4.84. The summed E-state index contributed by atoms with van der Waals surface area (Å²) in [7, 11) is 4.75. The summed E-state index contributed by atoms with van der Waals surface area (Å²) < 4.78 is 13.5. The second-order valence-corrected chi connectivity index (χ2v) is 6.71. The number of hydrogen-bond donors (Lipinski definition) is 1. The number of benzene rings is 2. The lowest BCUT2D eigenvalue weighted by Crippen LogP contribution is -2.23. The van der Waals surface area contributed by atoms with E-state index in [1.807, 2.05) is 24.3 Å². The summed E-state index contributed by atoms with van der Waals surface area (Å²) in [6.45, 7) is 1.72. The fourth-order valence-corrected chi connectivity index (χ4v) is 3.12. The predicted molar refractivity (Wildman–Crippen MR) is 118 cm³/mol. The van der Waals surface area contributed by atoms with Gasteiger partial charge in [0.05, 0.1) is 25.6 Å². The minimum atomic E-state index is -0.685. The van der Waals surface area contributed by atoms with Gasteiger partial charge in [-0.15, -0.1) is 0 Å². The minimum Gasteiger partial charge on any atom is -0.497 e. The lowest BCUT2D eigenvalue weighted by molar-refractivity contribution is -0.112. The van der Waals surface area contributed by atoms with Crippen LogP contribution in [0.4, 0.5) is 5.69 Å². The van der Waals surface area contributed by atoms with Gasteiger partial charge in [0.1, 0.15) is 28.8 Å². The summed E-state index contributed by atoms with van der Waals surface area (Å²) in [5.41, 5.74) is 1.33. The third kappa shape index (κ3) is 4.36. The highest BCUT2D eigenvalue weighted by Gasteiger charge is 2.20. The molecule has 0 unspecified atom stereocenters. The fourth-order valence-electron chi connectivity index (χ4n) is 3.12. The first-order valence-electron chi connectivity index (χ1n) is 9.39. The summed E-state index contributed by atoms with van der Waals surface area (Å²) in [5.74, 6) is 0.358. The van der Waals surface area contributed by atoms with Gasteiger partial charge in [-0.2, -0.15) is 5.26 Å². The Hall–Kier alpha value is -4.25. The van der Waals surface area contributed by atoms with Crippen LogP contribution in [0.2, 0.25) is 0 Å². The highest BCUT2D eigenvalue weighted by atomic mass is 16.5. The molecule has 0 aliphatic carbocycles. The van der Waals surface area contributed by atoms with Crippen LogP contribution in [0.3, 0.4) is 0 Å². The van der Waals surface area contributed by atoms with Crippen LogP contribution in [0.25, 0.3) is 11.8 Å². The lowest BCUT2D eigenvalue weighted by Gasteiger charge is -2.07. The maximum atomic E-state index is 13.0. The molecule has 3 aromatic rings. The Balaban J connectivity index is 1.97. The summed E-state index contributed by atoms with van der Waals surface area (Å²) in [6, 6.07) is 16.0. The Morgan fingerprint density at radius 2 is 1.71 bits per heavy atom. The van der Waals surface area contributed by atoms with Crippen molar-refractivity contribution in [3.05, 3.63) is 75.7 Å². The molecule has 0 saturated heterocycles. The molecule has 1 heterocycles. The molecular weight excluding hydrogens is 396 g/mol. The van der Waals surface area contributed by atoms with E-state index in [1.54, 1.807) is 49.0 Å². The van der Waals surface area contributed by atoms with Gasteiger partial charge in [0.25, 0.3) is 11.5 Å². The molecular formula is C23H22N4O4. The van der Waals surface area contributed by atoms with Gasteiger partial charge in [-0.1, -0.05) is 18.2 Å². The smallest absolute Gasteiger partial charge is 0.295 e. The van der Waals surface area contributed by atoms with Crippen molar-refractivity contribution < 1.29 is 14.3 Å². The number of amides is 1. The monoisotopic (exact) mass is 418 g/mol. The number of ether oxygens (including phenoxy) is 2. The van der Waals surface area contributed by atoms with Crippen LogP contribution in [0.1, 0.15) is 11.3 Å². The number of para-hydroxylation sites is 1. The molecule has 0 aliphatic rings. The van der Waals surface area contributed by atoms with E-state index < -0.39 is 5.91 Å². The van der Waals surface area contributed by atoms with E-state index in [-0.39, 0.29) is 16.8 Å². The molecule has 2 aromatic carbocycles. The van der Waals surface area contributed by atoms with Crippen molar-refractivity contribution >= 4 is 17.7 Å². The molecule has 31 heavy (non-hydrogen) atoms. The highest BCUT2D eigenvalue weighted by Crippen LogP contribution is 2.24. The van der Waals surface area contributed by atoms with E-state index in [4.69, 9.17) is 9.47 Å². The first kappa shape index (κ1) is 21.5. The maximum Gasteiger partial charge on any atom is 0.295 e. The van der Waals surface area contributed by atoms with E-state index >= 15 is 0 Å². The van der Waals surface area contributed by atoms with Gasteiger partial charge < -0.3 is 14.8 Å². The number of carbonyl (C=O) groups is 1. The molecule has 0 fully saturated rings. The van der Waals surface area contributed by atoms with Crippen molar-refractivity contribution in [1.29, 1.82) is 5.26 Å². The van der Waals surface area contributed by atoms with Crippen molar-refractivity contribution in [2.45, 2.75) is 6.92 Å². The summed E-state index contributed by atoms with van der Waals surface area (Å²) >= 11 is 0. The number of nitrogens with one attached hydrogen (secondary N) is 1. The number of aromatic nitrogens is 2. The van der Waals surface area contributed by atoms with Gasteiger partial charge in [0, 0.05) is 13.1 Å². The number of rotatable bonds is 6. The molecule has 8 heteroatoms. The molecule has 0 atom stereocenters. The maximum absolute atomic E-state index is 13.0. The van der Waals surface area contributed by atoms with Crippen LogP contribution in [0, 0.1) is 18.3 Å². The van der Waals surface area contributed by atoms with Gasteiger partial charge in [0.2, 0.25) is 0 Å². The standard InChI is InChI=1S/C23H22N4O4/c1-15-21(23(29)27(26(15)2)18-8-6-5-7-9-18)25-22(28)17(14-24)10-16-11-19(30-3)13-20(12-16)31-4/h5-13H,1-4H3,(H,25,28)/b17-10+. The van der Waals surface area contributed by atoms with E-state index in [9.17, 15) is 14.9 Å². The van der Waals surface area contributed by atoms with Crippen molar-refractivity contribution in [1.82, 2.24) is 9.36 Å². The van der Waals surface area contributed by atoms with Crippen molar-refractivity contribution in [2.75, 3.05) is 19.5 Å². The zero-order valence-corrected chi connectivity index (χ0v) is 17.7. The molecule has 3 rings (SSSR count). The minimum absolute atomic E-state index is 0.112. The van der Waals surface area contributed by atoms with Crippen LogP contribution in [-0.4, -0.2) is 29.5 Å². The summed E-state index contributed by atoms with van der Waals surface area (Å²) in [5, 5.41) is 12.1. The van der Waals surface area contributed by atoms with Gasteiger partial charge in [0.15, 0.2) is 0 Å². The van der Waals surface area contributed by atoms with Gasteiger partial charge in [-0.25, -0.2) is 4.68 Å². The number of nitriles is 1. The third-order valence-corrected chi connectivity index (χ3v) is 4.84. The van der Waals surface area contributed by atoms with E-state index in [1.165, 1.54) is 25.0 Å². The normalized spacial score (nSPS) is 11.0. The Morgan fingerprint density at radius 1 is 1.10 bits per heavy atom. The number of carbonyl (C=O) groups excluding carboxylic acids is 1. The van der Waals surface area contributed by atoms with E-state index in [0.29, 0.717) is 28.4 Å². The van der Waals surface area contributed by atoms with Crippen molar-refractivity contribution in [2.24, 2.45) is 7.05 Å². The van der Waals surface area contributed by atoms with Crippen LogP contribution < -0.4 is 20.3 Å². The molecule has 0 aliphatic heterocycles. The lowest BCUT2D eigenvalue weighted by atomic mass is 10.1. The Morgan fingerprint density at radius 3 is 2.26 bits per heavy atom. The van der Waals surface area contributed by atoms with Crippen LogP contribution in [-0.2, 0) is 11.8 Å². The summed E-state index contributed by atoms with van der Waals surface area (Å²) in [6.07, 6.45) is 1.41. The van der Waals surface area contributed by atoms with Crippen molar-refractivity contribution in [3.8, 4) is 23.3 Å². The van der Waals surface area contributed by atoms with Crippen LogP contribution >= 0.6 is 0 Å². The molecule has 0 spiro atoms. The van der Waals surface area contributed by atoms with Gasteiger partial charge in [-0.3, -0.25) is 14.3 Å². The van der Waals surface area contributed by atoms with Gasteiger partial charge in [-0.05, 0) is 42.8 Å². The van der Waals surface area contributed by atoms with Crippen molar-refractivity contribution in [3.63, 3.8) is 0 Å². The molecule has 1 N–H and O–H groups in total. The predicted octanol–water partition coefficient (Wildman–Crippen LogP) is 3.05. The fraction of sp³-hybridized carbons (Fsp3) is 0.174. The van der Waals surface area contributed by atoms with Crippen LogP contribution in [0.15, 0.2) is 58.9 Å².